The molecule has 0 radical (unpaired) electrons. The van der Waals surface area contributed by atoms with Crippen molar-refractivity contribution in [2.75, 3.05) is 19.8 Å². The third kappa shape index (κ3) is 2.68. The first-order valence-corrected chi connectivity index (χ1v) is 6.26. The lowest BCUT2D eigenvalue weighted by Crippen LogP contribution is -2.48. The molecule has 1 aromatic rings. The lowest BCUT2D eigenvalue weighted by atomic mass is 9.84. The van der Waals surface area contributed by atoms with Gasteiger partial charge in [0.2, 0.25) is 0 Å². The van der Waals surface area contributed by atoms with Gasteiger partial charge in [0.05, 0.1) is 12.6 Å². The fraction of sp³-hybridized carbons (Fsp3) is 0.571. The number of hydrogen-bond acceptors (Lipinski definition) is 3. The van der Waals surface area contributed by atoms with Gasteiger partial charge in [-0.05, 0) is 37.9 Å². The van der Waals surface area contributed by atoms with Crippen molar-refractivity contribution in [2.45, 2.75) is 31.9 Å². The first kappa shape index (κ1) is 12.6. The zero-order valence-corrected chi connectivity index (χ0v) is 10.6. The normalized spacial score (nSPS) is 22.9. The summed E-state index contributed by atoms with van der Waals surface area (Å²) in [6.45, 7) is 5.67. The van der Waals surface area contributed by atoms with Gasteiger partial charge in [0.25, 0.3) is 0 Å². The maximum Gasteiger partial charge on any atom is 0.105 e. The van der Waals surface area contributed by atoms with Crippen LogP contribution in [0.25, 0.3) is 0 Å². The van der Waals surface area contributed by atoms with Gasteiger partial charge < -0.3 is 15.2 Å². The molecule has 0 aliphatic carbocycles. The number of nitrogens with one attached hydrogen (secondary N) is 1. The van der Waals surface area contributed by atoms with E-state index in [9.17, 15) is 5.11 Å². The van der Waals surface area contributed by atoms with E-state index in [1.165, 1.54) is 11.1 Å². The van der Waals surface area contributed by atoms with Crippen LogP contribution in [0.5, 0.6) is 0 Å². The Morgan fingerprint density at radius 3 is 3.00 bits per heavy atom. The van der Waals surface area contributed by atoms with Crippen molar-refractivity contribution in [1.82, 2.24) is 5.32 Å². The summed E-state index contributed by atoms with van der Waals surface area (Å²) in [5.41, 5.74) is 1.66. The van der Waals surface area contributed by atoms with E-state index >= 15 is 0 Å². The van der Waals surface area contributed by atoms with Crippen molar-refractivity contribution in [3.05, 3.63) is 35.4 Å². The monoisotopic (exact) mass is 235 g/mol. The molecule has 0 saturated heterocycles. The molecule has 3 heteroatoms. The minimum absolute atomic E-state index is 0.0426. The SMILES string of the molecule is CCOCC(C)(O)C1NCCc2ccccc21. The fourth-order valence-corrected chi connectivity index (χ4v) is 2.45. The van der Waals surface area contributed by atoms with Gasteiger partial charge in [-0.2, -0.15) is 0 Å². The van der Waals surface area contributed by atoms with Gasteiger partial charge in [0.1, 0.15) is 5.60 Å². The first-order valence-electron chi connectivity index (χ1n) is 6.26. The molecule has 0 saturated carbocycles. The average Bonchev–Trinajstić information content (AvgIpc) is 2.36. The van der Waals surface area contributed by atoms with Gasteiger partial charge in [-0.1, -0.05) is 24.3 Å². The van der Waals surface area contributed by atoms with Crippen LogP contribution in [0.3, 0.4) is 0 Å². The van der Waals surface area contributed by atoms with E-state index in [2.05, 4.69) is 23.5 Å². The third-order valence-corrected chi connectivity index (χ3v) is 3.33. The summed E-state index contributed by atoms with van der Waals surface area (Å²) in [6.07, 6.45) is 1.03. The van der Waals surface area contributed by atoms with E-state index in [-0.39, 0.29) is 6.04 Å². The van der Waals surface area contributed by atoms with Crippen LogP contribution < -0.4 is 5.32 Å². The Hall–Kier alpha value is -0.900. The van der Waals surface area contributed by atoms with Gasteiger partial charge in [0, 0.05) is 6.61 Å². The van der Waals surface area contributed by atoms with Crippen LogP contribution in [0.4, 0.5) is 0 Å². The molecule has 2 N–H and O–H groups in total. The molecule has 0 amide bonds. The van der Waals surface area contributed by atoms with Gasteiger partial charge in [-0.3, -0.25) is 0 Å². The predicted molar refractivity (Wildman–Crippen MR) is 68.0 cm³/mol. The zero-order valence-electron chi connectivity index (χ0n) is 10.6. The summed E-state index contributed by atoms with van der Waals surface area (Å²) in [4.78, 5) is 0. The summed E-state index contributed by atoms with van der Waals surface area (Å²) in [5, 5.41) is 13.9. The van der Waals surface area contributed by atoms with E-state index < -0.39 is 5.60 Å². The van der Waals surface area contributed by atoms with Gasteiger partial charge >= 0.3 is 0 Å². The fourth-order valence-electron chi connectivity index (χ4n) is 2.45. The summed E-state index contributed by atoms with van der Waals surface area (Å²) >= 11 is 0. The van der Waals surface area contributed by atoms with Crippen molar-refractivity contribution in [3.63, 3.8) is 0 Å². The second kappa shape index (κ2) is 5.17. The highest BCUT2D eigenvalue weighted by Crippen LogP contribution is 2.31. The highest BCUT2D eigenvalue weighted by molar-refractivity contribution is 5.34. The summed E-state index contributed by atoms with van der Waals surface area (Å²) < 4.78 is 5.38. The Balaban J connectivity index is 2.22. The van der Waals surface area contributed by atoms with Crippen molar-refractivity contribution < 1.29 is 9.84 Å². The lowest BCUT2D eigenvalue weighted by Gasteiger charge is -2.37. The van der Waals surface area contributed by atoms with Gasteiger partial charge in [-0.15, -0.1) is 0 Å². The maximum atomic E-state index is 10.5. The number of benzene rings is 1. The van der Waals surface area contributed by atoms with Crippen molar-refractivity contribution in [3.8, 4) is 0 Å². The minimum atomic E-state index is -0.869. The van der Waals surface area contributed by atoms with E-state index in [0.29, 0.717) is 13.2 Å². The molecule has 3 nitrogen and oxygen atoms in total. The van der Waals surface area contributed by atoms with E-state index in [4.69, 9.17) is 4.74 Å². The number of aliphatic hydroxyl groups is 1. The van der Waals surface area contributed by atoms with E-state index in [1.54, 1.807) is 0 Å². The molecule has 0 bridgehead atoms. The van der Waals surface area contributed by atoms with Crippen LogP contribution in [0.15, 0.2) is 24.3 Å². The number of rotatable bonds is 4. The molecule has 1 aromatic carbocycles. The van der Waals surface area contributed by atoms with Crippen LogP contribution >= 0.6 is 0 Å². The molecule has 0 spiro atoms. The Morgan fingerprint density at radius 1 is 1.47 bits per heavy atom. The number of ether oxygens (including phenoxy) is 1. The van der Waals surface area contributed by atoms with Crippen LogP contribution in [0.1, 0.15) is 31.0 Å². The topological polar surface area (TPSA) is 41.5 Å². The molecule has 2 unspecified atom stereocenters. The second-order valence-electron chi connectivity index (χ2n) is 4.83. The summed E-state index contributed by atoms with van der Waals surface area (Å²) in [5.74, 6) is 0. The Kier molecular flexibility index (Phi) is 3.82. The second-order valence-corrected chi connectivity index (χ2v) is 4.83. The third-order valence-electron chi connectivity index (χ3n) is 3.33. The van der Waals surface area contributed by atoms with Crippen molar-refractivity contribution >= 4 is 0 Å². The zero-order chi connectivity index (χ0) is 12.3. The molecule has 0 fully saturated rings. The average molecular weight is 235 g/mol. The molecule has 1 aliphatic heterocycles. The van der Waals surface area contributed by atoms with E-state index in [1.807, 2.05) is 19.9 Å². The van der Waals surface area contributed by atoms with Gasteiger partial charge in [-0.25, -0.2) is 0 Å². The minimum Gasteiger partial charge on any atom is -0.386 e. The molecular weight excluding hydrogens is 214 g/mol. The standard InChI is InChI=1S/C14H21NO2/c1-3-17-10-14(2,16)13-12-7-5-4-6-11(12)8-9-15-13/h4-7,13,15-16H,3,8-10H2,1-2H3. The van der Waals surface area contributed by atoms with Crippen LogP contribution in [-0.2, 0) is 11.2 Å². The maximum absolute atomic E-state index is 10.5. The van der Waals surface area contributed by atoms with Crippen LogP contribution in [0, 0.1) is 0 Å². The molecule has 0 aromatic heterocycles. The molecule has 2 atom stereocenters. The Labute approximate surface area is 103 Å². The highest BCUT2D eigenvalue weighted by Gasteiger charge is 2.35. The van der Waals surface area contributed by atoms with E-state index in [0.717, 1.165) is 13.0 Å². The Morgan fingerprint density at radius 2 is 2.24 bits per heavy atom. The molecule has 1 aliphatic rings. The molecule has 2 rings (SSSR count). The largest absolute Gasteiger partial charge is 0.386 e. The van der Waals surface area contributed by atoms with Crippen LogP contribution in [0.2, 0.25) is 0 Å². The van der Waals surface area contributed by atoms with Gasteiger partial charge in [0.15, 0.2) is 0 Å². The molecular formula is C14H21NO2. The first-order chi connectivity index (χ1) is 8.15. The number of hydrogen-bond donors (Lipinski definition) is 2. The lowest BCUT2D eigenvalue weighted by molar-refractivity contribution is -0.0572. The molecule has 1 heterocycles. The van der Waals surface area contributed by atoms with Crippen molar-refractivity contribution in [2.24, 2.45) is 0 Å². The highest BCUT2D eigenvalue weighted by atomic mass is 16.5. The molecule has 17 heavy (non-hydrogen) atoms. The Bertz CT molecular complexity index is 376. The van der Waals surface area contributed by atoms with Crippen molar-refractivity contribution in [1.29, 1.82) is 0 Å². The number of fused-ring (bicyclic) bond motifs is 1. The molecule has 94 valence electrons. The van der Waals surface area contributed by atoms with Crippen LogP contribution in [-0.4, -0.2) is 30.5 Å². The quantitative estimate of drug-likeness (QED) is 0.834. The predicted octanol–water partition coefficient (Wildman–Crippen LogP) is 1.66. The smallest absolute Gasteiger partial charge is 0.105 e. The summed E-state index contributed by atoms with van der Waals surface area (Å²) in [6, 6.07) is 8.26. The summed E-state index contributed by atoms with van der Waals surface area (Å²) in [7, 11) is 0.